The van der Waals surface area contributed by atoms with E-state index in [-0.39, 0.29) is 12.0 Å². The predicted molar refractivity (Wildman–Crippen MR) is 68.6 cm³/mol. The lowest BCUT2D eigenvalue weighted by Gasteiger charge is -2.18. The highest BCUT2D eigenvalue weighted by atomic mass is 16.7. The van der Waals surface area contributed by atoms with E-state index in [2.05, 4.69) is 0 Å². The lowest BCUT2D eigenvalue weighted by molar-refractivity contribution is -0.166. The summed E-state index contributed by atoms with van der Waals surface area (Å²) in [5.41, 5.74) is -1.91. The third kappa shape index (κ3) is 1.78. The van der Waals surface area contributed by atoms with E-state index in [9.17, 15) is 9.59 Å². The smallest absolute Gasteiger partial charge is 0.324 e. The number of carbonyl (C=O) groups is 2. The van der Waals surface area contributed by atoms with Gasteiger partial charge in [-0.25, -0.2) is 0 Å². The van der Waals surface area contributed by atoms with E-state index >= 15 is 0 Å². The highest BCUT2D eigenvalue weighted by Crippen LogP contribution is 2.72. The number of esters is 2. The summed E-state index contributed by atoms with van der Waals surface area (Å²) < 4.78 is 21.0. The molecule has 20 heavy (non-hydrogen) atoms. The van der Waals surface area contributed by atoms with Crippen LogP contribution in [0.15, 0.2) is 0 Å². The molecule has 1 saturated heterocycles. The second kappa shape index (κ2) is 4.43. The van der Waals surface area contributed by atoms with Gasteiger partial charge in [-0.1, -0.05) is 13.8 Å². The molecule has 114 valence electrons. The molecule has 0 amide bonds. The topological polar surface area (TPSA) is 71.1 Å². The monoisotopic (exact) mass is 286 g/mol. The summed E-state index contributed by atoms with van der Waals surface area (Å²) in [7, 11) is 2.54. The molecular weight excluding hydrogens is 264 g/mol. The Morgan fingerprint density at radius 1 is 1.05 bits per heavy atom. The number of carbonyl (C=O) groups excluding carboxylic acids is 2. The van der Waals surface area contributed by atoms with Gasteiger partial charge in [-0.2, -0.15) is 0 Å². The summed E-state index contributed by atoms with van der Waals surface area (Å²) in [6.45, 7) is 7.65. The van der Waals surface area contributed by atoms with Gasteiger partial charge in [0, 0.05) is 5.92 Å². The minimum absolute atomic E-state index is 0.323. The molecule has 0 unspecified atom stereocenters. The van der Waals surface area contributed by atoms with Gasteiger partial charge in [0.05, 0.1) is 26.9 Å². The first kappa shape index (κ1) is 15.3. The van der Waals surface area contributed by atoms with E-state index in [1.54, 1.807) is 13.8 Å². The first-order chi connectivity index (χ1) is 9.15. The molecule has 1 aliphatic carbocycles. The molecule has 0 radical (unpaired) electrons. The molecule has 2 rings (SSSR count). The second-order valence-corrected chi connectivity index (χ2v) is 6.36. The zero-order valence-electron chi connectivity index (χ0n) is 12.8. The minimum atomic E-state index is -1.31. The molecule has 2 aliphatic rings. The van der Waals surface area contributed by atoms with Gasteiger partial charge in [-0.3, -0.25) is 9.59 Å². The van der Waals surface area contributed by atoms with Crippen LogP contribution < -0.4 is 0 Å². The van der Waals surface area contributed by atoms with Crippen LogP contribution in [-0.2, 0) is 28.5 Å². The summed E-state index contributed by atoms with van der Waals surface area (Å²) in [5.74, 6) is -2.18. The zero-order chi connectivity index (χ0) is 15.3. The molecular formula is C14H22O6. The molecule has 0 spiro atoms. The van der Waals surface area contributed by atoms with E-state index in [0.29, 0.717) is 6.61 Å². The van der Waals surface area contributed by atoms with Crippen LogP contribution in [0, 0.1) is 16.7 Å². The molecule has 0 bridgehead atoms. The Hall–Kier alpha value is -1.14. The molecule has 2 fully saturated rings. The summed E-state index contributed by atoms with van der Waals surface area (Å²) in [6, 6.07) is 0. The molecule has 1 saturated carbocycles. The molecule has 6 heteroatoms. The molecule has 0 aromatic rings. The van der Waals surface area contributed by atoms with Gasteiger partial charge in [0.15, 0.2) is 11.2 Å². The summed E-state index contributed by atoms with van der Waals surface area (Å²) in [6.07, 6.45) is -0.335. The van der Waals surface area contributed by atoms with Crippen molar-refractivity contribution in [1.82, 2.24) is 0 Å². The van der Waals surface area contributed by atoms with Crippen molar-refractivity contribution in [2.75, 3.05) is 20.8 Å². The molecule has 0 aromatic heterocycles. The van der Waals surface area contributed by atoms with E-state index in [1.807, 2.05) is 13.8 Å². The average molecular weight is 286 g/mol. The van der Waals surface area contributed by atoms with Gasteiger partial charge >= 0.3 is 11.9 Å². The maximum atomic E-state index is 12.2. The fraction of sp³-hybridized carbons (Fsp3) is 0.857. The van der Waals surface area contributed by atoms with Crippen LogP contribution in [0.25, 0.3) is 0 Å². The molecule has 6 nitrogen and oxygen atoms in total. The molecule has 0 aromatic carbocycles. The summed E-state index contributed by atoms with van der Waals surface area (Å²) in [4.78, 5) is 24.4. The predicted octanol–water partition coefficient (Wildman–Crippen LogP) is 1.13. The van der Waals surface area contributed by atoms with E-state index in [4.69, 9.17) is 18.9 Å². The normalized spacial score (nSPS) is 32.5. The third-order valence-electron chi connectivity index (χ3n) is 4.59. The van der Waals surface area contributed by atoms with Gasteiger partial charge < -0.3 is 18.9 Å². The number of ether oxygens (including phenoxy) is 4. The molecule has 0 N–H and O–H groups in total. The third-order valence-corrected chi connectivity index (χ3v) is 4.59. The van der Waals surface area contributed by atoms with E-state index in [1.165, 1.54) is 14.2 Å². The van der Waals surface area contributed by atoms with Crippen LogP contribution in [0.5, 0.6) is 0 Å². The highest BCUT2D eigenvalue weighted by molar-refractivity contribution is 6.05. The van der Waals surface area contributed by atoms with Crippen molar-refractivity contribution in [3.8, 4) is 0 Å². The number of hydrogen-bond donors (Lipinski definition) is 0. The van der Waals surface area contributed by atoms with Crippen molar-refractivity contribution in [2.24, 2.45) is 16.7 Å². The fourth-order valence-electron chi connectivity index (χ4n) is 3.61. The Kier molecular flexibility index (Phi) is 3.38. The van der Waals surface area contributed by atoms with Crippen molar-refractivity contribution in [3.63, 3.8) is 0 Å². The standard InChI is InChI=1S/C14H22O6/c1-12(2)9(8-7-19-13(3,4)20-8)14(12,10(15)17-5)11(16)18-6/h8-9H,7H2,1-6H3/t8-,9-/m1/s1. The quantitative estimate of drug-likeness (QED) is 0.572. The minimum Gasteiger partial charge on any atom is -0.468 e. The lowest BCUT2D eigenvalue weighted by atomic mass is 9.96. The number of rotatable bonds is 3. The average Bonchev–Trinajstić information content (AvgIpc) is 2.68. The second-order valence-electron chi connectivity index (χ2n) is 6.36. The SMILES string of the molecule is COC(=O)C1(C(=O)OC)[C@H]([C@H]2COC(C)(C)O2)C1(C)C. The Balaban J connectivity index is 2.34. The Bertz CT molecular complexity index is 423. The van der Waals surface area contributed by atoms with Crippen molar-refractivity contribution in [1.29, 1.82) is 0 Å². The molecule has 2 atom stereocenters. The summed E-state index contributed by atoms with van der Waals surface area (Å²) in [5, 5.41) is 0. The summed E-state index contributed by atoms with van der Waals surface area (Å²) >= 11 is 0. The number of methoxy groups -OCH3 is 2. The van der Waals surface area contributed by atoms with Crippen LogP contribution in [0.1, 0.15) is 27.7 Å². The maximum Gasteiger partial charge on any atom is 0.324 e. The van der Waals surface area contributed by atoms with E-state index in [0.717, 1.165) is 0 Å². The Morgan fingerprint density at radius 3 is 1.90 bits per heavy atom. The van der Waals surface area contributed by atoms with Gasteiger partial charge in [-0.05, 0) is 19.3 Å². The van der Waals surface area contributed by atoms with Gasteiger partial charge in [0.25, 0.3) is 0 Å². The van der Waals surface area contributed by atoms with Crippen LogP contribution in [0.2, 0.25) is 0 Å². The van der Waals surface area contributed by atoms with Gasteiger partial charge in [-0.15, -0.1) is 0 Å². The highest BCUT2D eigenvalue weighted by Gasteiger charge is 2.84. The van der Waals surface area contributed by atoms with Gasteiger partial charge in [0.1, 0.15) is 0 Å². The Labute approximate surface area is 118 Å². The van der Waals surface area contributed by atoms with Crippen molar-refractivity contribution >= 4 is 11.9 Å². The first-order valence-corrected chi connectivity index (χ1v) is 6.63. The van der Waals surface area contributed by atoms with Crippen molar-refractivity contribution in [2.45, 2.75) is 39.6 Å². The maximum absolute atomic E-state index is 12.2. The molecule has 1 aliphatic heterocycles. The lowest BCUT2D eigenvalue weighted by Crippen LogP contribution is -2.35. The Morgan fingerprint density at radius 2 is 1.55 bits per heavy atom. The van der Waals surface area contributed by atoms with Crippen LogP contribution in [0.4, 0.5) is 0 Å². The zero-order valence-corrected chi connectivity index (χ0v) is 12.8. The van der Waals surface area contributed by atoms with Crippen LogP contribution in [-0.4, -0.2) is 44.7 Å². The van der Waals surface area contributed by atoms with Crippen LogP contribution >= 0.6 is 0 Å². The fourth-order valence-corrected chi connectivity index (χ4v) is 3.61. The molecule has 1 heterocycles. The van der Waals surface area contributed by atoms with Crippen molar-refractivity contribution < 1.29 is 28.5 Å². The van der Waals surface area contributed by atoms with Gasteiger partial charge in [0.2, 0.25) is 0 Å². The number of hydrogen-bond acceptors (Lipinski definition) is 6. The first-order valence-electron chi connectivity index (χ1n) is 6.63. The van der Waals surface area contributed by atoms with E-state index < -0.39 is 28.6 Å². The van der Waals surface area contributed by atoms with Crippen LogP contribution in [0.3, 0.4) is 0 Å². The largest absolute Gasteiger partial charge is 0.468 e. The van der Waals surface area contributed by atoms with Crippen molar-refractivity contribution in [3.05, 3.63) is 0 Å².